The first-order valence-electron chi connectivity index (χ1n) is 6.57. The van der Waals surface area contributed by atoms with Crippen LogP contribution < -0.4 is 5.43 Å². The number of rotatable bonds is 3. The molecule has 5 heteroatoms. The van der Waals surface area contributed by atoms with Crippen molar-refractivity contribution in [3.63, 3.8) is 0 Å². The number of fused-ring (bicyclic) bond motifs is 1. The van der Waals surface area contributed by atoms with Crippen molar-refractivity contribution in [2.45, 2.75) is 6.92 Å². The third-order valence-electron chi connectivity index (χ3n) is 3.04. The molecule has 0 aliphatic rings. The highest BCUT2D eigenvalue weighted by Crippen LogP contribution is 2.08. The first-order valence-corrected chi connectivity index (χ1v) is 6.57. The van der Waals surface area contributed by atoms with Crippen LogP contribution in [0.15, 0.2) is 53.6 Å². The molecule has 0 saturated heterocycles. The van der Waals surface area contributed by atoms with E-state index < -0.39 is 0 Å². The van der Waals surface area contributed by atoms with E-state index >= 15 is 0 Å². The van der Waals surface area contributed by atoms with E-state index in [2.05, 4.69) is 20.5 Å². The molecule has 0 spiro atoms. The number of aryl methyl sites for hydroxylation is 1. The second-order valence-corrected chi connectivity index (χ2v) is 4.71. The zero-order valence-electron chi connectivity index (χ0n) is 11.5. The van der Waals surface area contributed by atoms with Crippen molar-refractivity contribution in [3.8, 4) is 0 Å². The lowest BCUT2D eigenvalue weighted by Crippen LogP contribution is -2.17. The lowest BCUT2D eigenvalue weighted by Gasteiger charge is -2.00. The lowest BCUT2D eigenvalue weighted by molar-refractivity contribution is 0.0955. The lowest BCUT2D eigenvalue weighted by atomic mass is 10.1. The fourth-order valence-electron chi connectivity index (χ4n) is 2.04. The largest absolute Gasteiger partial charge is 0.337 e. The van der Waals surface area contributed by atoms with Crippen LogP contribution in [0.4, 0.5) is 0 Å². The number of aromatic nitrogens is 2. The number of aromatic amines is 1. The van der Waals surface area contributed by atoms with Crippen molar-refractivity contribution < 1.29 is 4.79 Å². The van der Waals surface area contributed by atoms with Crippen molar-refractivity contribution in [3.05, 3.63) is 65.5 Å². The van der Waals surface area contributed by atoms with Gasteiger partial charge >= 0.3 is 0 Å². The van der Waals surface area contributed by atoms with Crippen LogP contribution in [0.25, 0.3) is 11.0 Å². The SMILES string of the molecule is Cc1cccc(C(=O)N/N=C/c2nc3ccccc3[nH]2)c1. The summed E-state index contributed by atoms with van der Waals surface area (Å²) < 4.78 is 0. The van der Waals surface area contributed by atoms with Crippen molar-refractivity contribution in [2.75, 3.05) is 0 Å². The summed E-state index contributed by atoms with van der Waals surface area (Å²) in [5.41, 5.74) is 5.90. The molecule has 0 aliphatic carbocycles. The Labute approximate surface area is 121 Å². The van der Waals surface area contributed by atoms with Crippen molar-refractivity contribution in [2.24, 2.45) is 5.10 Å². The molecule has 104 valence electrons. The number of hydrazone groups is 1. The van der Waals surface area contributed by atoms with Gasteiger partial charge in [-0.15, -0.1) is 0 Å². The average molecular weight is 278 g/mol. The number of hydrogen-bond acceptors (Lipinski definition) is 3. The van der Waals surface area contributed by atoms with Crippen LogP contribution in [0.1, 0.15) is 21.7 Å². The molecular weight excluding hydrogens is 264 g/mol. The second kappa shape index (κ2) is 5.58. The first kappa shape index (κ1) is 13.1. The summed E-state index contributed by atoms with van der Waals surface area (Å²) in [5, 5.41) is 3.92. The Morgan fingerprint density at radius 3 is 2.90 bits per heavy atom. The van der Waals surface area contributed by atoms with Crippen LogP contribution in [0.3, 0.4) is 0 Å². The molecule has 0 saturated carbocycles. The molecule has 2 aromatic carbocycles. The number of carbonyl (C=O) groups is 1. The second-order valence-electron chi connectivity index (χ2n) is 4.71. The van der Waals surface area contributed by atoms with Crippen molar-refractivity contribution in [1.82, 2.24) is 15.4 Å². The topological polar surface area (TPSA) is 70.1 Å². The van der Waals surface area contributed by atoms with Gasteiger partial charge in [0.15, 0.2) is 5.82 Å². The fraction of sp³-hybridized carbons (Fsp3) is 0.0625. The number of H-pyrrole nitrogens is 1. The van der Waals surface area contributed by atoms with Gasteiger partial charge in [0, 0.05) is 5.56 Å². The van der Waals surface area contributed by atoms with Crippen LogP contribution in [0, 0.1) is 6.92 Å². The Hall–Kier alpha value is -2.95. The van der Waals surface area contributed by atoms with E-state index in [4.69, 9.17) is 0 Å². The molecule has 3 aromatic rings. The molecule has 0 unspecified atom stereocenters. The maximum Gasteiger partial charge on any atom is 0.271 e. The summed E-state index contributed by atoms with van der Waals surface area (Å²) in [6, 6.07) is 15.0. The quantitative estimate of drug-likeness (QED) is 0.571. The third kappa shape index (κ3) is 2.97. The van der Waals surface area contributed by atoms with E-state index in [0.29, 0.717) is 11.4 Å². The molecule has 0 aliphatic heterocycles. The number of amides is 1. The van der Waals surface area contributed by atoms with Gasteiger partial charge in [0.1, 0.15) is 0 Å². The smallest absolute Gasteiger partial charge is 0.271 e. The number of imidazole rings is 1. The molecule has 0 bridgehead atoms. The maximum atomic E-state index is 11.9. The Morgan fingerprint density at radius 1 is 1.24 bits per heavy atom. The van der Waals surface area contributed by atoms with Gasteiger partial charge in [-0.3, -0.25) is 4.79 Å². The predicted molar refractivity (Wildman–Crippen MR) is 82.3 cm³/mol. The Kier molecular flexibility index (Phi) is 3.47. The minimum atomic E-state index is -0.244. The fourth-order valence-corrected chi connectivity index (χ4v) is 2.04. The summed E-state index contributed by atoms with van der Waals surface area (Å²) in [7, 11) is 0. The molecule has 21 heavy (non-hydrogen) atoms. The molecular formula is C16H14N4O. The monoisotopic (exact) mass is 278 g/mol. The van der Waals surface area contributed by atoms with Gasteiger partial charge in [-0.1, -0.05) is 29.8 Å². The number of benzene rings is 2. The molecule has 0 atom stereocenters. The third-order valence-corrected chi connectivity index (χ3v) is 3.04. The standard InChI is InChI=1S/C16H14N4O/c1-11-5-4-6-12(9-11)16(21)20-17-10-15-18-13-7-2-3-8-14(13)19-15/h2-10H,1H3,(H,18,19)(H,20,21)/b17-10+. The highest BCUT2D eigenvalue weighted by Gasteiger charge is 2.03. The van der Waals surface area contributed by atoms with E-state index in [1.165, 1.54) is 6.21 Å². The van der Waals surface area contributed by atoms with Gasteiger partial charge in [0.2, 0.25) is 0 Å². The van der Waals surface area contributed by atoms with Crippen LogP contribution >= 0.6 is 0 Å². The normalized spacial score (nSPS) is 11.1. The van der Waals surface area contributed by atoms with Gasteiger partial charge in [-0.25, -0.2) is 10.4 Å². The highest BCUT2D eigenvalue weighted by molar-refractivity contribution is 5.95. The summed E-state index contributed by atoms with van der Waals surface area (Å²) in [5.74, 6) is 0.354. The summed E-state index contributed by atoms with van der Waals surface area (Å²) in [6.45, 7) is 1.94. The number of para-hydroxylation sites is 2. The maximum absolute atomic E-state index is 11.9. The molecule has 2 N–H and O–H groups in total. The summed E-state index contributed by atoms with van der Waals surface area (Å²) >= 11 is 0. The zero-order chi connectivity index (χ0) is 14.7. The van der Waals surface area contributed by atoms with Gasteiger partial charge < -0.3 is 4.98 Å². The van der Waals surface area contributed by atoms with Gasteiger partial charge in [-0.2, -0.15) is 5.10 Å². The summed E-state index contributed by atoms with van der Waals surface area (Å²) in [4.78, 5) is 19.4. The minimum absolute atomic E-state index is 0.244. The molecule has 5 nitrogen and oxygen atoms in total. The molecule has 1 aromatic heterocycles. The number of nitrogens with zero attached hydrogens (tertiary/aromatic N) is 2. The van der Waals surface area contributed by atoms with Gasteiger partial charge in [0.05, 0.1) is 17.2 Å². The highest BCUT2D eigenvalue weighted by atomic mass is 16.2. The van der Waals surface area contributed by atoms with E-state index in [1.54, 1.807) is 6.07 Å². The van der Waals surface area contributed by atoms with Gasteiger partial charge in [0.25, 0.3) is 5.91 Å². The van der Waals surface area contributed by atoms with Crippen molar-refractivity contribution >= 4 is 23.2 Å². The van der Waals surface area contributed by atoms with Crippen molar-refractivity contribution in [1.29, 1.82) is 0 Å². The number of nitrogens with one attached hydrogen (secondary N) is 2. The van der Waals surface area contributed by atoms with Crippen LogP contribution in [0.5, 0.6) is 0 Å². The zero-order valence-corrected chi connectivity index (χ0v) is 11.5. The Morgan fingerprint density at radius 2 is 2.10 bits per heavy atom. The minimum Gasteiger partial charge on any atom is -0.337 e. The van der Waals surface area contributed by atoms with Gasteiger partial charge in [-0.05, 0) is 31.2 Å². The first-order chi connectivity index (χ1) is 10.2. The Balaban J connectivity index is 1.70. The molecule has 1 heterocycles. The van der Waals surface area contributed by atoms with Crippen LogP contribution in [-0.4, -0.2) is 22.1 Å². The van der Waals surface area contributed by atoms with Crippen LogP contribution in [0.2, 0.25) is 0 Å². The molecule has 3 rings (SSSR count). The molecule has 0 fully saturated rings. The summed E-state index contributed by atoms with van der Waals surface area (Å²) in [6.07, 6.45) is 1.49. The Bertz CT molecular complexity index is 787. The van der Waals surface area contributed by atoms with E-state index in [-0.39, 0.29) is 5.91 Å². The van der Waals surface area contributed by atoms with E-state index in [1.807, 2.05) is 49.4 Å². The number of hydrogen-bond donors (Lipinski definition) is 2. The number of carbonyl (C=O) groups excluding carboxylic acids is 1. The van der Waals surface area contributed by atoms with E-state index in [9.17, 15) is 4.79 Å². The van der Waals surface area contributed by atoms with E-state index in [0.717, 1.165) is 16.6 Å². The molecule has 1 amide bonds. The predicted octanol–water partition coefficient (Wildman–Crippen LogP) is 2.64. The van der Waals surface area contributed by atoms with Crippen LogP contribution in [-0.2, 0) is 0 Å². The average Bonchev–Trinajstić information content (AvgIpc) is 2.89. The molecule has 0 radical (unpaired) electrons.